The lowest BCUT2D eigenvalue weighted by atomic mass is 10.0. The number of nitrogens with zero attached hydrogens (tertiary/aromatic N) is 1. The van der Waals surface area contributed by atoms with Crippen molar-refractivity contribution >= 4 is 16.9 Å². The van der Waals surface area contributed by atoms with Gasteiger partial charge in [0, 0.05) is 23.6 Å². The van der Waals surface area contributed by atoms with Crippen LogP contribution < -0.4 is 0 Å². The summed E-state index contributed by atoms with van der Waals surface area (Å²) < 4.78 is 7.17. The fourth-order valence-corrected chi connectivity index (χ4v) is 2.60. The van der Waals surface area contributed by atoms with Crippen molar-refractivity contribution in [3.05, 3.63) is 47.7 Å². The number of ether oxygens (including phenoxy) is 1. The van der Waals surface area contributed by atoms with Gasteiger partial charge in [0.05, 0.1) is 13.0 Å². The molecule has 0 saturated carbocycles. The van der Waals surface area contributed by atoms with Crippen LogP contribution in [-0.2, 0) is 29.4 Å². The van der Waals surface area contributed by atoms with Crippen molar-refractivity contribution in [1.29, 1.82) is 0 Å². The van der Waals surface area contributed by atoms with Crippen molar-refractivity contribution in [3.63, 3.8) is 0 Å². The topological polar surface area (TPSA) is 31.2 Å². The molecular formula is C17H21NO2. The number of hydrogen-bond donors (Lipinski definition) is 0. The Morgan fingerprint density at radius 3 is 2.65 bits per heavy atom. The van der Waals surface area contributed by atoms with E-state index in [-0.39, 0.29) is 5.97 Å². The summed E-state index contributed by atoms with van der Waals surface area (Å²) in [6.07, 6.45) is 1.09. The first-order chi connectivity index (χ1) is 9.54. The SMILES string of the molecule is C=C(C)Cc1c(CC(=O)OCC)n(C)c2ccccc12. The van der Waals surface area contributed by atoms with E-state index in [4.69, 9.17) is 4.74 Å². The molecule has 0 amide bonds. The third-order valence-electron chi connectivity index (χ3n) is 3.44. The van der Waals surface area contributed by atoms with Crippen LogP contribution in [0, 0.1) is 0 Å². The van der Waals surface area contributed by atoms with Gasteiger partial charge in [-0.3, -0.25) is 4.79 Å². The van der Waals surface area contributed by atoms with Crippen LogP contribution in [0.4, 0.5) is 0 Å². The highest BCUT2D eigenvalue weighted by atomic mass is 16.5. The lowest BCUT2D eigenvalue weighted by Gasteiger charge is -2.08. The van der Waals surface area contributed by atoms with Gasteiger partial charge in [-0.2, -0.15) is 0 Å². The average molecular weight is 271 g/mol. The number of hydrogen-bond acceptors (Lipinski definition) is 2. The summed E-state index contributed by atoms with van der Waals surface area (Å²) in [5.74, 6) is -0.179. The molecule has 3 nitrogen and oxygen atoms in total. The Hall–Kier alpha value is -2.03. The van der Waals surface area contributed by atoms with Gasteiger partial charge in [-0.1, -0.05) is 30.4 Å². The summed E-state index contributed by atoms with van der Waals surface area (Å²) in [4.78, 5) is 11.8. The summed E-state index contributed by atoms with van der Waals surface area (Å²) in [5.41, 5.74) is 4.44. The molecule has 20 heavy (non-hydrogen) atoms. The van der Waals surface area contributed by atoms with E-state index in [0.717, 1.165) is 23.2 Å². The predicted octanol–water partition coefficient (Wildman–Crippen LogP) is 3.40. The fraction of sp³-hybridized carbons (Fsp3) is 0.353. The van der Waals surface area contributed by atoms with Crippen molar-refractivity contribution in [3.8, 4) is 0 Å². The third-order valence-corrected chi connectivity index (χ3v) is 3.44. The van der Waals surface area contributed by atoms with Crippen molar-refractivity contribution in [1.82, 2.24) is 4.57 Å². The van der Waals surface area contributed by atoms with E-state index in [2.05, 4.69) is 23.3 Å². The third kappa shape index (κ3) is 2.77. The molecule has 0 aliphatic rings. The van der Waals surface area contributed by atoms with Gasteiger partial charge >= 0.3 is 5.97 Å². The van der Waals surface area contributed by atoms with Gasteiger partial charge in [0.2, 0.25) is 0 Å². The van der Waals surface area contributed by atoms with Crippen LogP contribution in [0.5, 0.6) is 0 Å². The van der Waals surface area contributed by atoms with E-state index in [1.54, 1.807) is 0 Å². The lowest BCUT2D eigenvalue weighted by molar-refractivity contribution is -0.142. The minimum absolute atomic E-state index is 0.179. The largest absolute Gasteiger partial charge is 0.466 e. The van der Waals surface area contributed by atoms with Gasteiger partial charge in [-0.15, -0.1) is 0 Å². The summed E-state index contributed by atoms with van der Waals surface area (Å²) in [6, 6.07) is 8.22. The van der Waals surface area contributed by atoms with Crippen LogP contribution in [0.25, 0.3) is 10.9 Å². The molecule has 0 aliphatic carbocycles. The molecule has 0 aliphatic heterocycles. The van der Waals surface area contributed by atoms with Gasteiger partial charge in [-0.05, 0) is 31.9 Å². The van der Waals surface area contributed by atoms with E-state index >= 15 is 0 Å². The number of aromatic nitrogens is 1. The van der Waals surface area contributed by atoms with Crippen LogP contribution in [0.2, 0.25) is 0 Å². The highest BCUT2D eigenvalue weighted by molar-refractivity contribution is 5.87. The first-order valence-corrected chi connectivity index (χ1v) is 6.89. The van der Waals surface area contributed by atoms with E-state index in [0.29, 0.717) is 13.0 Å². The maximum atomic E-state index is 11.8. The van der Waals surface area contributed by atoms with Crippen LogP contribution in [0.3, 0.4) is 0 Å². The van der Waals surface area contributed by atoms with E-state index in [9.17, 15) is 4.79 Å². The van der Waals surface area contributed by atoms with Crippen LogP contribution in [0.1, 0.15) is 25.1 Å². The molecule has 1 aromatic carbocycles. The van der Waals surface area contributed by atoms with Crippen molar-refractivity contribution in [2.24, 2.45) is 7.05 Å². The molecule has 0 atom stereocenters. The lowest BCUT2D eigenvalue weighted by Crippen LogP contribution is -2.12. The molecule has 0 radical (unpaired) electrons. The number of carbonyl (C=O) groups is 1. The number of fused-ring (bicyclic) bond motifs is 1. The molecule has 3 heteroatoms. The van der Waals surface area contributed by atoms with E-state index in [1.165, 1.54) is 10.9 Å². The molecule has 0 N–H and O–H groups in total. The molecule has 1 heterocycles. The summed E-state index contributed by atoms with van der Waals surface area (Å²) in [5, 5.41) is 1.19. The number of rotatable bonds is 5. The molecule has 2 aromatic rings. The molecule has 2 rings (SSSR count). The van der Waals surface area contributed by atoms with Gasteiger partial charge in [0.25, 0.3) is 0 Å². The summed E-state index contributed by atoms with van der Waals surface area (Å²) in [6.45, 7) is 8.25. The number of carbonyl (C=O) groups excluding carboxylic acids is 1. The normalized spacial score (nSPS) is 10.8. The Morgan fingerprint density at radius 1 is 1.30 bits per heavy atom. The molecule has 0 saturated heterocycles. The molecule has 0 spiro atoms. The summed E-state index contributed by atoms with van der Waals surface area (Å²) >= 11 is 0. The van der Waals surface area contributed by atoms with Crippen LogP contribution in [-0.4, -0.2) is 17.1 Å². The van der Waals surface area contributed by atoms with Crippen LogP contribution >= 0.6 is 0 Å². The Kier molecular flexibility index (Phi) is 4.28. The van der Waals surface area contributed by atoms with Crippen molar-refractivity contribution in [2.75, 3.05) is 6.61 Å². The maximum Gasteiger partial charge on any atom is 0.311 e. The van der Waals surface area contributed by atoms with E-state index < -0.39 is 0 Å². The second kappa shape index (κ2) is 5.95. The minimum Gasteiger partial charge on any atom is -0.466 e. The second-order valence-corrected chi connectivity index (χ2v) is 5.12. The standard InChI is InChI=1S/C17H21NO2/c1-5-20-17(19)11-16-14(10-12(2)3)13-8-6-7-9-15(13)18(16)4/h6-9H,2,5,10-11H2,1,3-4H3. The Balaban J connectivity index is 2.52. The zero-order valence-electron chi connectivity index (χ0n) is 12.4. The highest BCUT2D eigenvalue weighted by Crippen LogP contribution is 2.27. The van der Waals surface area contributed by atoms with Gasteiger partial charge in [-0.25, -0.2) is 0 Å². The van der Waals surface area contributed by atoms with Crippen LogP contribution in [0.15, 0.2) is 36.4 Å². The predicted molar refractivity (Wildman–Crippen MR) is 81.8 cm³/mol. The minimum atomic E-state index is -0.179. The summed E-state index contributed by atoms with van der Waals surface area (Å²) in [7, 11) is 2.00. The fourth-order valence-electron chi connectivity index (χ4n) is 2.60. The molecular weight excluding hydrogens is 250 g/mol. The van der Waals surface area contributed by atoms with Gasteiger partial charge in [0.1, 0.15) is 0 Å². The number of benzene rings is 1. The van der Waals surface area contributed by atoms with Crippen molar-refractivity contribution < 1.29 is 9.53 Å². The number of allylic oxidation sites excluding steroid dienone is 1. The maximum absolute atomic E-state index is 11.8. The van der Waals surface area contributed by atoms with E-state index in [1.807, 2.05) is 33.0 Å². The number of esters is 1. The smallest absolute Gasteiger partial charge is 0.311 e. The first-order valence-electron chi connectivity index (χ1n) is 6.89. The molecule has 0 unspecified atom stereocenters. The Labute approximate surface area is 119 Å². The molecule has 0 bridgehead atoms. The molecule has 106 valence electrons. The van der Waals surface area contributed by atoms with Crippen molar-refractivity contribution in [2.45, 2.75) is 26.7 Å². The van der Waals surface area contributed by atoms with Gasteiger partial charge in [0.15, 0.2) is 0 Å². The highest BCUT2D eigenvalue weighted by Gasteiger charge is 2.17. The quantitative estimate of drug-likeness (QED) is 0.616. The Bertz CT molecular complexity index is 652. The zero-order valence-corrected chi connectivity index (χ0v) is 12.4. The van der Waals surface area contributed by atoms with Gasteiger partial charge < -0.3 is 9.30 Å². The zero-order chi connectivity index (χ0) is 14.7. The molecule has 1 aromatic heterocycles. The number of para-hydroxylation sites is 1. The first kappa shape index (κ1) is 14.4. The monoisotopic (exact) mass is 271 g/mol. The average Bonchev–Trinajstić information content (AvgIpc) is 2.65. The second-order valence-electron chi connectivity index (χ2n) is 5.12. The number of aryl methyl sites for hydroxylation is 1. The molecule has 0 fully saturated rings. The Morgan fingerprint density at radius 2 is 2.00 bits per heavy atom.